The Morgan fingerprint density at radius 1 is 1.14 bits per heavy atom. The van der Waals surface area contributed by atoms with Crippen LogP contribution in [-0.2, 0) is 22.4 Å². The van der Waals surface area contributed by atoms with Gasteiger partial charge in [-0.15, -0.1) is 0 Å². The standard InChI is InChI=1S/C21H23F2NO4/c1-28-19-7-3-2-6-15(19)12-16(21(26)27)13-24-20(25)8-4-5-14-9-10-17(22)18(23)11-14/h2-3,6-7,9-11,16H,4-5,8,12-13H2,1H3,(H,24,25)(H,26,27). The third-order valence-electron chi connectivity index (χ3n) is 4.41. The predicted octanol–water partition coefficient (Wildman–Crippen LogP) is 3.36. The van der Waals surface area contributed by atoms with Gasteiger partial charge in [0.1, 0.15) is 5.75 Å². The molecule has 0 spiro atoms. The molecule has 150 valence electrons. The van der Waals surface area contributed by atoms with Crippen LogP contribution in [0.1, 0.15) is 24.0 Å². The van der Waals surface area contributed by atoms with Crippen LogP contribution < -0.4 is 10.1 Å². The zero-order valence-corrected chi connectivity index (χ0v) is 15.6. The first-order chi connectivity index (χ1) is 13.4. The van der Waals surface area contributed by atoms with Gasteiger partial charge in [-0.3, -0.25) is 9.59 Å². The highest BCUT2D eigenvalue weighted by atomic mass is 19.2. The summed E-state index contributed by atoms with van der Waals surface area (Å²) >= 11 is 0. The number of carbonyl (C=O) groups excluding carboxylic acids is 1. The van der Waals surface area contributed by atoms with Crippen LogP contribution in [0.5, 0.6) is 5.75 Å². The minimum atomic E-state index is -1.01. The average Bonchev–Trinajstić information content (AvgIpc) is 2.68. The second-order valence-electron chi connectivity index (χ2n) is 6.46. The quantitative estimate of drug-likeness (QED) is 0.651. The molecule has 0 bridgehead atoms. The molecule has 1 unspecified atom stereocenters. The van der Waals surface area contributed by atoms with Crippen molar-refractivity contribution in [3.8, 4) is 5.75 Å². The smallest absolute Gasteiger partial charge is 0.308 e. The highest BCUT2D eigenvalue weighted by Gasteiger charge is 2.20. The molecule has 0 aliphatic rings. The lowest BCUT2D eigenvalue weighted by Gasteiger charge is -2.15. The number of aliphatic carboxylic acids is 1. The number of carboxylic acid groups (broad SMARTS) is 1. The van der Waals surface area contributed by atoms with Gasteiger partial charge in [0, 0.05) is 13.0 Å². The van der Waals surface area contributed by atoms with Crippen LogP contribution in [0.4, 0.5) is 8.78 Å². The summed E-state index contributed by atoms with van der Waals surface area (Å²) in [6, 6.07) is 10.8. The van der Waals surface area contributed by atoms with Crippen molar-refractivity contribution in [3.63, 3.8) is 0 Å². The number of nitrogens with one attached hydrogen (secondary N) is 1. The van der Waals surface area contributed by atoms with Gasteiger partial charge in [0.05, 0.1) is 13.0 Å². The van der Waals surface area contributed by atoms with E-state index in [2.05, 4.69) is 5.32 Å². The van der Waals surface area contributed by atoms with Crippen LogP contribution in [0.3, 0.4) is 0 Å². The van der Waals surface area contributed by atoms with Crippen molar-refractivity contribution < 1.29 is 28.2 Å². The zero-order valence-electron chi connectivity index (χ0n) is 15.6. The molecule has 0 radical (unpaired) electrons. The van der Waals surface area contributed by atoms with Gasteiger partial charge in [-0.05, 0) is 48.6 Å². The largest absolute Gasteiger partial charge is 0.496 e. The fourth-order valence-corrected chi connectivity index (χ4v) is 2.86. The summed E-state index contributed by atoms with van der Waals surface area (Å²) in [4.78, 5) is 23.5. The van der Waals surface area contributed by atoms with Gasteiger partial charge in [-0.25, -0.2) is 8.78 Å². The molecule has 2 aromatic rings. The molecular formula is C21H23F2NO4. The summed E-state index contributed by atoms with van der Waals surface area (Å²) in [6.45, 7) is -0.00259. The van der Waals surface area contributed by atoms with E-state index in [1.54, 1.807) is 24.3 Å². The number of hydrogen-bond acceptors (Lipinski definition) is 3. The minimum Gasteiger partial charge on any atom is -0.496 e. The van der Waals surface area contributed by atoms with Gasteiger partial charge < -0.3 is 15.2 Å². The number of benzene rings is 2. The maximum absolute atomic E-state index is 13.2. The van der Waals surface area contributed by atoms with E-state index in [-0.39, 0.29) is 25.3 Å². The molecule has 0 aliphatic heterocycles. The van der Waals surface area contributed by atoms with Crippen LogP contribution >= 0.6 is 0 Å². The van der Waals surface area contributed by atoms with E-state index in [0.29, 0.717) is 24.2 Å². The fourth-order valence-electron chi connectivity index (χ4n) is 2.86. The Balaban J connectivity index is 1.81. The molecule has 0 fully saturated rings. The lowest BCUT2D eigenvalue weighted by Crippen LogP contribution is -2.34. The molecule has 0 aromatic heterocycles. The van der Waals surface area contributed by atoms with Gasteiger partial charge in [-0.2, -0.15) is 0 Å². The van der Waals surface area contributed by atoms with E-state index in [1.165, 1.54) is 13.2 Å². The van der Waals surface area contributed by atoms with E-state index < -0.39 is 23.5 Å². The third kappa shape index (κ3) is 6.33. The van der Waals surface area contributed by atoms with Crippen molar-refractivity contribution in [3.05, 3.63) is 65.2 Å². The van der Waals surface area contributed by atoms with Gasteiger partial charge in [-0.1, -0.05) is 24.3 Å². The van der Waals surface area contributed by atoms with Crippen molar-refractivity contribution in [2.45, 2.75) is 25.7 Å². The van der Waals surface area contributed by atoms with E-state index in [9.17, 15) is 23.5 Å². The summed E-state index contributed by atoms with van der Waals surface area (Å²) in [5.74, 6) is -3.29. The lowest BCUT2D eigenvalue weighted by molar-refractivity contribution is -0.141. The number of halogens is 2. The van der Waals surface area contributed by atoms with Gasteiger partial charge in [0.15, 0.2) is 11.6 Å². The molecular weight excluding hydrogens is 368 g/mol. The summed E-state index contributed by atoms with van der Waals surface area (Å²) in [6.07, 6.45) is 1.27. The molecule has 0 aliphatic carbocycles. The van der Waals surface area contributed by atoms with Gasteiger partial charge in [0.25, 0.3) is 0 Å². The second-order valence-corrected chi connectivity index (χ2v) is 6.46. The Hall–Kier alpha value is -2.96. The molecule has 7 heteroatoms. The summed E-state index contributed by atoms with van der Waals surface area (Å²) in [5, 5.41) is 12.1. The van der Waals surface area contributed by atoms with Gasteiger partial charge >= 0.3 is 5.97 Å². The number of carboxylic acids is 1. The topological polar surface area (TPSA) is 75.6 Å². The maximum atomic E-state index is 13.2. The Morgan fingerprint density at radius 2 is 1.89 bits per heavy atom. The number of amides is 1. The normalized spacial score (nSPS) is 11.7. The number of para-hydroxylation sites is 1. The zero-order chi connectivity index (χ0) is 20.5. The van der Waals surface area contributed by atoms with E-state index in [0.717, 1.165) is 17.7 Å². The molecule has 2 N–H and O–H groups in total. The number of hydrogen-bond donors (Lipinski definition) is 2. The summed E-state index contributed by atoms with van der Waals surface area (Å²) < 4.78 is 31.3. The molecule has 28 heavy (non-hydrogen) atoms. The van der Waals surface area contributed by atoms with Crippen LogP contribution in [0.25, 0.3) is 0 Å². The lowest BCUT2D eigenvalue weighted by atomic mass is 9.98. The van der Waals surface area contributed by atoms with Crippen LogP contribution in [0.15, 0.2) is 42.5 Å². The summed E-state index contributed by atoms with van der Waals surface area (Å²) in [5.41, 5.74) is 1.36. The first-order valence-electron chi connectivity index (χ1n) is 8.96. The molecule has 2 aromatic carbocycles. The highest BCUT2D eigenvalue weighted by Crippen LogP contribution is 2.21. The van der Waals surface area contributed by atoms with Gasteiger partial charge in [0.2, 0.25) is 5.91 Å². The Kier molecular flexibility index (Phi) is 7.92. The minimum absolute atomic E-state index is 0.00259. The predicted molar refractivity (Wildman–Crippen MR) is 100 cm³/mol. The molecule has 5 nitrogen and oxygen atoms in total. The molecule has 0 heterocycles. The van der Waals surface area contributed by atoms with Crippen molar-refractivity contribution in [1.29, 1.82) is 0 Å². The Labute approximate surface area is 162 Å². The Morgan fingerprint density at radius 3 is 2.57 bits per heavy atom. The number of rotatable bonds is 10. The van der Waals surface area contributed by atoms with E-state index in [1.807, 2.05) is 0 Å². The van der Waals surface area contributed by atoms with Crippen molar-refractivity contribution in [2.24, 2.45) is 5.92 Å². The number of carbonyl (C=O) groups is 2. The van der Waals surface area contributed by atoms with Crippen LogP contribution in [0.2, 0.25) is 0 Å². The number of aryl methyl sites for hydroxylation is 1. The molecule has 2 rings (SSSR count). The van der Waals surface area contributed by atoms with Crippen molar-refractivity contribution >= 4 is 11.9 Å². The number of ether oxygens (including phenoxy) is 1. The van der Waals surface area contributed by atoms with Crippen LogP contribution in [-0.4, -0.2) is 30.6 Å². The van der Waals surface area contributed by atoms with Crippen LogP contribution in [0, 0.1) is 17.6 Å². The van der Waals surface area contributed by atoms with E-state index >= 15 is 0 Å². The molecule has 1 atom stereocenters. The first-order valence-corrected chi connectivity index (χ1v) is 8.96. The van der Waals surface area contributed by atoms with Crippen molar-refractivity contribution in [1.82, 2.24) is 5.32 Å². The highest BCUT2D eigenvalue weighted by molar-refractivity contribution is 5.77. The average molecular weight is 391 g/mol. The monoisotopic (exact) mass is 391 g/mol. The summed E-state index contributed by atoms with van der Waals surface area (Å²) in [7, 11) is 1.52. The first kappa shape index (κ1) is 21.3. The maximum Gasteiger partial charge on any atom is 0.308 e. The SMILES string of the molecule is COc1ccccc1CC(CNC(=O)CCCc1ccc(F)c(F)c1)C(=O)O. The molecule has 0 saturated carbocycles. The second kappa shape index (κ2) is 10.4. The van der Waals surface area contributed by atoms with Crippen molar-refractivity contribution in [2.75, 3.05) is 13.7 Å². The Bertz CT molecular complexity index is 826. The van der Waals surface area contributed by atoms with E-state index in [4.69, 9.17) is 4.74 Å². The third-order valence-corrected chi connectivity index (χ3v) is 4.41. The fraction of sp³-hybridized carbons (Fsp3) is 0.333. The number of methoxy groups -OCH3 is 1. The molecule has 0 saturated heterocycles. The molecule has 1 amide bonds.